The normalized spacial score (nSPS) is 15.6. The van der Waals surface area contributed by atoms with Crippen LogP contribution in [0.5, 0.6) is 0 Å². The monoisotopic (exact) mass is 448 g/mol. The predicted octanol–water partition coefficient (Wildman–Crippen LogP) is 4.24. The van der Waals surface area contributed by atoms with Crippen LogP contribution in [0, 0.1) is 63.7 Å². The topological polar surface area (TPSA) is 78.4 Å². The summed E-state index contributed by atoms with van der Waals surface area (Å²) in [5, 5.41) is 11.3. The number of amides is 2. The molecule has 2 aliphatic carbocycles. The number of carbonyl (C=O) groups is 2. The first-order valence-corrected chi connectivity index (χ1v) is 9.90. The molecule has 0 saturated heterocycles. The Morgan fingerprint density at radius 3 is 1.70 bits per heavy atom. The smallest absolute Gasteiger partial charge is 0.326 e. The van der Waals surface area contributed by atoms with Gasteiger partial charge >= 0.3 is 17.1 Å². The van der Waals surface area contributed by atoms with E-state index in [2.05, 4.69) is 18.2 Å². The molecule has 10 radical (unpaired) electrons. The van der Waals surface area contributed by atoms with E-state index in [0.29, 0.717) is 12.8 Å². The number of hydrogen-bond donors (Lipinski definition) is 3. The molecule has 6 heteroatoms. The van der Waals surface area contributed by atoms with Crippen LogP contribution in [0.25, 0.3) is 0 Å². The third-order valence-electron chi connectivity index (χ3n) is 4.40. The molecule has 3 N–H and O–H groups in total. The van der Waals surface area contributed by atoms with Crippen LogP contribution < -0.4 is 10.8 Å². The third-order valence-corrected chi connectivity index (χ3v) is 4.40. The number of rotatable bonds is 9. The Hall–Kier alpha value is -1.36. The molecular formula is C24H28FeN2O3+2. The van der Waals surface area contributed by atoms with Crippen LogP contribution in [-0.4, -0.2) is 17.0 Å². The van der Waals surface area contributed by atoms with Gasteiger partial charge in [-0.25, -0.2) is 5.48 Å². The van der Waals surface area contributed by atoms with Crippen molar-refractivity contribution in [1.82, 2.24) is 5.48 Å². The first kappa shape index (κ1) is 26.7. The molecular weight excluding hydrogens is 420 g/mol. The number of hydroxylamine groups is 1. The number of nitrogens with one attached hydrogen (secondary N) is 2. The molecule has 0 heterocycles. The fourth-order valence-corrected chi connectivity index (χ4v) is 2.84. The second-order valence-electron chi connectivity index (χ2n) is 6.71. The summed E-state index contributed by atoms with van der Waals surface area (Å²) in [5.41, 5.74) is 3.54. The first-order valence-electron chi connectivity index (χ1n) is 9.90. The standard InChI is InChI=1S/C19H23N2O3.C5H5.Fe/c22-18(9-3-1-2-4-10-19(23)21-24)20-17-13-11-16(12-14-17)15-7-5-6-8-15;1-2-4-5-3-1;/h5-8,11-14,24H,1-4,9-10H2,(H,20,22)(H,21,23);1-5H;/q;;+2. The largest absolute Gasteiger partial charge is 2.00 e. The zero-order valence-corrected chi connectivity index (χ0v) is 18.0. The zero-order valence-electron chi connectivity index (χ0n) is 16.9. The summed E-state index contributed by atoms with van der Waals surface area (Å²) in [7, 11) is 0. The van der Waals surface area contributed by atoms with Crippen molar-refractivity contribution in [2.45, 2.75) is 38.5 Å². The molecule has 0 aromatic heterocycles. The van der Waals surface area contributed by atoms with E-state index in [-0.39, 0.29) is 28.9 Å². The number of anilines is 1. The van der Waals surface area contributed by atoms with E-state index in [1.54, 1.807) is 5.48 Å². The molecule has 2 saturated carbocycles. The van der Waals surface area contributed by atoms with Crippen molar-refractivity contribution in [2.75, 3.05) is 5.32 Å². The number of benzene rings is 1. The van der Waals surface area contributed by atoms with Gasteiger partial charge in [0, 0.05) is 24.4 Å². The number of hydrogen-bond acceptors (Lipinski definition) is 3. The van der Waals surface area contributed by atoms with Gasteiger partial charge in [0.25, 0.3) is 0 Å². The maximum Gasteiger partial charge on any atom is 2.00 e. The minimum atomic E-state index is -0.363. The molecule has 158 valence electrons. The van der Waals surface area contributed by atoms with Gasteiger partial charge in [0.2, 0.25) is 11.8 Å². The molecule has 2 aliphatic rings. The fraction of sp³-hybridized carbons (Fsp3) is 0.250. The van der Waals surface area contributed by atoms with E-state index in [1.807, 2.05) is 69.2 Å². The minimum Gasteiger partial charge on any atom is -0.326 e. The summed E-state index contributed by atoms with van der Waals surface area (Å²) >= 11 is 0. The van der Waals surface area contributed by atoms with Crippen LogP contribution in [0.3, 0.4) is 0 Å². The SMILES string of the molecule is O=C(CCCCCCC(=O)Nc1ccc([C]2[CH][CH][CH][CH]2)cc1)NO.[CH]1[CH][CH][CH][CH]1.[Fe+2]. The van der Waals surface area contributed by atoms with Crippen LogP contribution in [0.2, 0.25) is 0 Å². The maximum atomic E-state index is 11.9. The number of unbranched alkanes of at least 4 members (excludes halogenated alkanes) is 3. The summed E-state index contributed by atoms with van der Waals surface area (Å²) < 4.78 is 0. The van der Waals surface area contributed by atoms with Gasteiger partial charge in [-0.3, -0.25) is 14.8 Å². The van der Waals surface area contributed by atoms with E-state index in [4.69, 9.17) is 5.21 Å². The molecule has 5 nitrogen and oxygen atoms in total. The molecule has 0 spiro atoms. The summed E-state index contributed by atoms with van der Waals surface area (Å²) in [6.07, 6.45) is 22.2. The second kappa shape index (κ2) is 16.3. The summed E-state index contributed by atoms with van der Waals surface area (Å²) in [6.45, 7) is 0. The van der Waals surface area contributed by atoms with Gasteiger partial charge in [-0.15, -0.1) is 0 Å². The van der Waals surface area contributed by atoms with Gasteiger partial charge in [-0.1, -0.05) is 25.0 Å². The molecule has 0 aliphatic heterocycles. The average Bonchev–Trinajstić information content (AvgIpc) is 3.47. The van der Waals surface area contributed by atoms with Crippen molar-refractivity contribution >= 4 is 17.5 Å². The van der Waals surface area contributed by atoms with Crippen molar-refractivity contribution < 1.29 is 31.9 Å². The van der Waals surface area contributed by atoms with Gasteiger partial charge in [-0.2, -0.15) is 0 Å². The molecule has 2 fully saturated rings. The minimum absolute atomic E-state index is 0. The Morgan fingerprint density at radius 2 is 1.20 bits per heavy atom. The van der Waals surface area contributed by atoms with E-state index in [0.717, 1.165) is 36.9 Å². The zero-order chi connectivity index (χ0) is 20.7. The van der Waals surface area contributed by atoms with Crippen molar-refractivity contribution in [2.24, 2.45) is 0 Å². The van der Waals surface area contributed by atoms with E-state index < -0.39 is 0 Å². The van der Waals surface area contributed by atoms with Crippen molar-refractivity contribution in [3.63, 3.8) is 0 Å². The first-order chi connectivity index (χ1) is 14.2. The van der Waals surface area contributed by atoms with Gasteiger partial charge < -0.3 is 5.32 Å². The molecule has 3 rings (SSSR count). The second-order valence-corrected chi connectivity index (χ2v) is 6.71. The molecule has 0 atom stereocenters. The van der Waals surface area contributed by atoms with Crippen LogP contribution in [0.15, 0.2) is 24.3 Å². The molecule has 1 aromatic rings. The third kappa shape index (κ3) is 11.1. The average molecular weight is 448 g/mol. The Kier molecular flexibility index (Phi) is 14.5. The molecule has 30 heavy (non-hydrogen) atoms. The van der Waals surface area contributed by atoms with Crippen molar-refractivity contribution in [3.05, 3.63) is 93.5 Å². The summed E-state index contributed by atoms with van der Waals surface area (Å²) in [4.78, 5) is 22.7. The van der Waals surface area contributed by atoms with Crippen LogP contribution >= 0.6 is 0 Å². The van der Waals surface area contributed by atoms with Crippen LogP contribution in [-0.2, 0) is 26.7 Å². The fourth-order valence-electron chi connectivity index (χ4n) is 2.84. The predicted molar refractivity (Wildman–Crippen MR) is 114 cm³/mol. The van der Waals surface area contributed by atoms with Gasteiger partial charge in [-0.05, 0) is 88.3 Å². The van der Waals surface area contributed by atoms with Gasteiger partial charge in [0.1, 0.15) is 0 Å². The number of carbonyl (C=O) groups excluding carboxylic acids is 2. The molecule has 0 bridgehead atoms. The van der Waals surface area contributed by atoms with Crippen molar-refractivity contribution in [1.29, 1.82) is 0 Å². The van der Waals surface area contributed by atoms with Gasteiger partial charge in [0.05, 0.1) is 0 Å². The summed E-state index contributed by atoms with van der Waals surface area (Å²) in [6, 6.07) is 7.82. The van der Waals surface area contributed by atoms with Crippen LogP contribution in [0.4, 0.5) is 5.69 Å². The van der Waals surface area contributed by atoms with Crippen molar-refractivity contribution in [3.8, 4) is 0 Å². The van der Waals surface area contributed by atoms with Gasteiger partial charge in [0.15, 0.2) is 0 Å². The Bertz CT molecular complexity index is 589. The molecule has 0 unspecified atom stereocenters. The molecule has 1 aromatic carbocycles. The van der Waals surface area contributed by atoms with E-state index in [9.17, 15) is 9.59 Å². The quantitative estimate of drug-likeness (QED) is 0.229. The molecule has 2 amide bonds. The summed E-state index contributed by atoms with van der Waals surface area (Å²) in [5.74, 6) is 0.810. The Morgan fingerprint density at radius 1 is 0.700 bits per heavy atom. The Labute approximate surface area is 192 Å². The van der Waals surface area contributed by atoms with E-state index >= 15 is 0 Å². The van der Waals surface area contributed by atoms with E-state index in [1.165, 1.54) is 5.92 Å². The van der Waals surface area contributed by atoms with Crippen LogP contribution in [0.1, 0.15) is 44.1 Å². The maximum absolute atomic E-state index is 11.9. The Balaban J connectivity index is 0.000000655.